The largest absolute Gasteiger partial charge is 0.397 e. The van der Waals surface area contributed by atoms with E-state index < -0.39 is 42.6 Å². The molecule has 0 aliphatic carbocycles. The number of nitrogen functional groups attached to an aromatic ring is 1. The second-order valence-electron chi connectivity index (χ2n) is 5.18. The molecule has 0 saturated heterocycles. The maximum atomic E-state index is 13.9. The Morgan fingerprint density at radius 3 is 2.38 bits per heavy atom. The zero-order valence-corrected chi connectivity index (χ0v) is 12.5. The third-order valence-electron chi connectivity index (χ3n) is 2.55. The van der Waals surface area contributed by atoms with Crippen LogP contribution in [0.5, 0.6) is 0 Å². The molecular weight excluding hydrogens is 305 g/mol. The summed E-state index contributed by atoms with van der Waals surface area (Å²) in [6, 6.07) is 1.26. The topological polar surface area (TPSA) is 127 Å². The smallest absolute Gasteiger partial charge is 0.274 e. The zero-order chi connectivity index (χ0) is 16.6. The van der Waals surface area contributed by atoms with E-state index in [1.54, 1.807) is 0 Å². The summed E-state index contributed by atoms with van der Waals surface area (Å²) in [5.41, 5.74) is 2.89. The molecule has 0 heterocycles. The van der Waals surface area contributed by atoms with E-state index in [4.69, 9.17) is 5.73 Å². The first-order valence-electron chi connectivity index (χ1n) is 5.78. The number of halogens is 1. The number of nitrogens with two attached hydrogens (primary N) is 1. The van der Waals surface area contributed by atoms with Crippen LogP contribution in [0.15, 0.2) is 17.0 Å². The number of benzene rings is 1. The van der Waals surface area contributed by atoms with Crippen molar-refractivity contribution >= 4 is 21.4 Å². The summed E-state index contributed by atoms with van der Waals surface area (Å²) in [6.07, 6.45) is 0. The van der Waals surface area contributed by atoms with Crippen molar-refractivity contribution in [3.05, 3.63) is 28.1 Å². The molecule has 1 rings (SSSR count). The van der Waals surface area contributed by atoms with Crippen LogP contribution in [0, 0.1) is 15.9 Å². The predicted molar refractivity (Wildman–Crippen MR) is 73.6 cm³/mol. The first kappa shape index (κ1) is 17.3. The Hall–Kier alpha value is -1.78. The molecule has 118 valence electrons. The van der Waals surface area contributed by atoms with Crippen LogP contribution >= 0.6 is 0 Å². The van der Waals surface area contributed by atoms with Crippen molar-refractivity contribution in [2.24, 2.45) is 0 Å². The molecule has 1 aromatic carbocycles. The summed E-state index contributed by atoms with van der Waals surface area (Å²) in [6.45, 7) is 2.47. The molecule has 0 aliphatic rings. The number of sulfonamides is 1. The Kier molecular flexibility index (Phi) is 4.56. The Morgan fingerprint density at radius 1 is 1.48 bits per heavy atom. The van der Waals surface area contributed by atoms with E-state index in [0.717, 1.165) is 17.4 Å². The molecule has 3 N–H and O–H groups in total. The Labute approximate surface area is 121 Å². The molecule has 0 fully saturated rings. The second-order valence-corrected chi connectivity index (χ2v) is 7.16. The van der Waals surface area contributed by atoms with Gasteiger partial charge in [-0.15, -0.1) is 0 Å². The third-order valence-corrected chi connectivity index (χ3v) is 4.44. The summed E-state index contributed by atoms with van der Waals surface area (Å²) in [7, 11) is -3.18. The molecule has 8 nitrogen and oxygen atoms in total. The standard InChI is InChI=1S/C11H16FN3O5S/c1-11(2,16)6-14(3)21(19,20)10-8(12)4-7(15(17)18)5-9(10)13/h4-5,16H,6,13H2,1-3H3. The number of aliphatic hydroxyl groups is 1. The fraction of sp³-hybridized carbons (Fsp3) is 0.455. The number of nitro benzene ring substituents is 1. The number of non-ortho nitro benzene ring substituents is 1. The van der Waals surface area contributed by atoms with Gasteiger partial charge in [0.15, 0.2) is 5.82 Å². The maximum absolute atomic E-state index is 13.9. The van der Waals surface area contributed by atoms with Gasteiger partial charge < -0.3 is 10.8 Å². The van der Waals surface area contributed by atoms with Gasteiger partial charge in [0.25, 0.3) is 5.69 Å². The highest BCUT2D eigenvalue weighted by Crippen LogP contribution is 2.29. The van der Waals surface area contributed by atoms with Gasteiger partial charge in [-0.05, 0) is 13.8 Å². The number of likely N-dealkylation sites (N-methyl/N-ethyl adjacent to an activating group) is 1. The lowest BCUT2D eigenvalue weighted by atomic mass is 10.1. The van der Waals surface area contributed by atoms with E-state index in [0.29, 0.717) is 6.07 Å². The summed E-state index contributed by atoms with van der Waals surface area (Å²) < 4.78 is 39.2. The number of anilines is 1. The van der Waals surface area contributed by atoms with Crippen LogP contribution in [0.1, 0.15) is 13.8 Å². The number of nitro groups is 1. The molecule has 21 heavy (non-hydrogen) atoms. The second kappa shape index (κ2) is 5.54. The Bertz CT molecular complexity index is 646. The number of rotatable bonds is 5. The summed E-state index contributed by atoms with van der Waals surface area (Å²) in [5, 5.41) is 20.2. The van der Waals surface area contributed by atoms with Gasteiger partial charge >= 0.3 is 0 Å². The highest BCUT2D eigenvalue weighted by Gasteiger charge is 2.32. The molecular formula is C11H16FN3O5S. The average molecular weight is 321 g/mol. The van der Waals surface area contributed by atoms with E-state index >= 15 is 0 Å². The average Bonchev–Trinajstić information content (AvgIpc) is 2.24. The minimum atomic E-state index is -4.33. The molecule has 0 spiro atoms. The molecule has 0 amide bonds. The maximum Gasteiger partial charge on any atom is 0.274 e. The molecule has 10 heteroatoms. The van der Waals surface area contributed by atoms with Crippen LogP contribution in [0.3, 0.4) is 0 Å². The lowest BCUT2D eigenvalue weighted by Crippen LogP contribution is -2.40. The lowest BCUT2D eigenvalue weighted by Gasteiger charge is -2.25. The highest BCUT2D eigenvalue weighted by molar-refractivity contribution is 7.89. The van der Waals surface area contributed by atoms with Crippen molar-refractivity contribution in [1.82, 2.24) is 4.31 Å². The summed E-state index contributed by atoms with van der Waals surface area (Å²) in [5.74, 6) is -1.32. The van der Waals surface area contributed by atoms with Crippen molar-refractivity contribution < 1.29 is 22.8 Å². The molecule has 0 unspecified atom stereocenters. The molecule has 1 aromatic rings. The van der Waals surface area contributed by atoms with Gasteiger partial charge in [0.05, 0.1) is 22.3 Å². The van der Waals surface area contributed by atoms with E-state index in [2.05, 4.69) is 0 Å². The normalized spacial score (nSPS) is 12.7. The molecule has 0 bridgehead atoms. The van der Waals surface area contributed by atoms with Gasteiger partial charge in [0.2, 0.25) is 10.0 Å². The van der Waals surface area contributed by atoms with E-state index in [9.17, 15) is 28.0 Å². The minimum Gasteiger partial charge on any atom is -0.397 e. The van der Waals surface area contributed by atoms with Crippen molar-refractivity contribution in [2.75, 3.05) is 19.3 Å². The summed E-state index contributed by atoms with van der Waals surface area (Å²) in [4.78, 5) is 8.85. The fourth-order valence-corrected chi connectivity index (χ4v) is 3.22. The molecule has 0 radical (unpaired) electrons. The van der Waals surface area contributed by atoms with Crippen molar-refractivity contribution in [1.29, 1.82) is 0 Å². The highest BCUT2D eigenvalue weighted by atomic mass is 32.2. The van der Waals surface area contributed by atoms with Crippen molar-refractivity contribution in [3.63, 3.8) is 0 Å². The van der Waals surface area contributed by atoms with E-state index in [1.165, 1.54) is 13.8 Å². The van der Waals surface area contributed by atoms with Crippen LogP contribution in [0.2, 0.25) is 0 Å². The Balaban J connectivity index is 3.36. The molecule has 0 saturated carbocycles. The van der Waals surface area contributed by atoms with E-state index in [-0.39, 0.29) is 6.54 Å². The third kappa shape index (κ3) is 3.86. The Morgan fingerprint density at radius 2 is 2.00 bits per heavy atom. The first-order chi connectivity index (χ1) is 9.36. The molecule has 0 aliphatic heterocycles. The van der Waals surface area contributed by atoms with Crippen LogP contribution < -0.4 is 5.73 Å². The van der Waals surface area contributed by atoms with Gasteiger partial charge in [-0.25, -0.2) is 12.8 Å². The van der Waals surface area contributed by atoms with Gasteiger partial charge in [-0.1, -0.05) is 0 Å². The van der Waals surface area contributed by atoms with Crippen LogP contribution in [0.4, 0.5) is 15.8 Å². The number of hydrogen-bond acceptors (Lipinski definition) is 6. The fourth-order valence-electron chi connectivity index (χ4n) is 1.76. The molecule has 0 aromatic heterocycles. The monoisotopic (exact) mass is 321 g/mol. The molecule has 0 atom stereocenters. The lowest BCUT2D eigenvalue weighted by molar-refractivity contribution is -0.385. The van der Waals surface area contributed by atoms with Crippen molar-refractivity contribution in [2.45, 2.75) is 24.3 Å². The number of nitrogens with zero attached hydrogens (tertiary/aromatic N) is 2. The first-order valence-corrected chi connectivity index (χ1v) is 7.22. The quantitative estimate of drug-likeness (QED) is 0.467. The zero-order valence-electron chi connectivity index (χ0n) is 11.7. The predicted octanol–water partition coefficient (Wildman–Crippen LogP) is 0.708. The van der Waals surface area contributed by atoms with Crippen LogP contribution in [-0.4, -0.2) is 41.9 Å². The minimum absolute atomic E-state index is 0.300. The van der Waals surface area contributed by atoms with Crippen molar-refractivity contribution in [3.8, 4) is 0 Å². The van der Waals surface area contributed by atoms with E-state index in [1.807, 2.05) is 0 Å². The van der Waals surface area contributed by atoms with Gasteiger partial charge in [-0.3, -0.25) is 10.1 Å². The SMILES string of the molecule is CN(CC(C)(C)O)S(=O)(=O)c1c(N)cc([N+](=O)[O-])cc1F. The number of hydrogen-bond donors (Lipinski definition) is 2. The summed E-state index contributed by atoms with van der Waals surface area (Å²) >= 11 is 0. The van der Waals surface area contributed by atoms with Gasteiger partial charge in [0, 0.05) is 19.7 Å². The van der Waals surface area contributed by atoms with Gasteiger partial charge in [0.1, 0.15) is 4.90 Å². The van der Waals surface area contributed by atoms with Crippen LogP contribution in [-0.2, 0) is 10.0 Å². The van der Waals surface area contributed by atoms with Crippen LogP contribution in [0.25, 0.3) is 0 Å². The van der Waals surface area contributed by atoms with Gasteiger partial charge in [-0.2, -0.15) is 4.31 Å².